The molecule has 1 unspecified atom stereocenters. The molecule has 1 heterocycles. The quantitative estimate of drug-likeness (QED) is 0.819. The minimum atomic E-state index is -1.20. The van der Waals surface area contributed by atoms with Gasteiger partial charge in [0, 0.05) is 13.1 Å². The molecule has 3 rings (SSSR count). The van der Waals surface area contributed by atoms with Gasteiger partial charge in [-0.15, -0.1) is 0 Å². The summed E-state index contributed by atoms with van der Waals surface area (Å²) in [5.74, 6) is -1.18. The average molecular weight is 338 g/mol. The molecule has 0 radical (unpaired) electrons. The van der Waals surface area contributed by atoms with Crippen LogP contribution in [0.15, 0.2) is 60.7 Å². The van der Waals surface area contributed by atoms with Gasteiger partial charge in [0.1, 0.15) is 12.3 Å². The minimum absolute atomic E-state index is 0.145. The Labute approximate surface area is 145 Å². The second-order valence-electron chi connectivity index (χ2n) is 5.92. The SMILES string of the molecule is O=CC1[C@@H](C(=O)O)N(Cc2ccccc2)C(=O)N1Cc1ccccc1. The first kappa shape index (κ1) is 16.7. The highest BCUT2D eigenvalue weighted by molar-refractivity contribution is 5.92. The molecular weight excluding hydrogens is 320 g/mol. The molecule has 1 aliphatic rings. The van der Waals surface area contributed by atoms with E-state index in [0.717, 1.165) is 11.1 Å². The Morgan fingerprint density at radius 3 is 1.84 bits per heavy atom. The van der Waals surface area contributed by atoms with Gasteiger partial charge in [-0.3, -0.25) is 0 Å². The summed E-state index contributed by atoms with van der Waals surface area (Å²) in [5.41, 5.74) is 1.65. The van der Waals surface area contributed by atoms with E-state index in [1.165, 1.54) is 9.80 Å². The summed E-state index contributed by atoms with van der Waals surface area (Å²) in [7, 11) is 0. The summed E-state index contributed by atoms with van der Waals surface area (Å²) in [6.07, 6.45) is 0.546. The van der Waals surface area contributed by atoms with E-state index in [2.05, 4.69) is 0 Å². The Bertz CT molecular complexity index is 764. The van der Waals surface area contributed by atoms with Crippen LogP contribution in [0.4, 0.5) is 4.79 Å². The number of carboxylic acid groups (broad SMARTS) is 1. The Morgan fingerprint density at radius 1 is 0.920 bits per heavy atom. The van der Waals surface area contributed by atoms with Gasteiger partial charge in [-0.25, -0.2) is 9.59 Å². The van der Waals surface area contributed by atoms with E-state index in [0.29, 0.717) is 6.29 Å². The third-order valence-corrected chi connectivity index (χ3v) is 4.29. The van der Waals surface area contributed by atoms with E-state index >= 15 is 0 Å². The van der Waals surface area contributed by atoms with E-state index in [4.69, 9.17) is 0 Å². The number of hydrogen-bond acceptors (Lipinski definition) is 3. The lowest BCUT2D eigenvalue weighted by atomic mass is 10.1. The number of carbonyl (C=O) groups is 3. The van der Waals surface area contributed by atoms with Gasteiger partial charge < -0.3 is 19.7 Å². The standard InChI is InChI=1S/C19H18N2O4/c22-13-16-17(18(23)24)21(12-15-9-5-2-6-10-15)19(25)20(16)11-14-7-3-1-4-8-14/h1-10,13,16-17H,11-12H2,(H,23,24)/t16?,17-/m0/s1. The smallest absolute Gasteiger partial charge is 0.329 e. The minimum Gasteiger partial charge on any atom is -0.480 e. The third kappa shape index (κ3) is 3.38. The highest BCUT2D eigenvalue weighted by atomic mass is 16.4. The number of amides is 2. The van der Waals surface area contributed by atoms with Gasteiger partial charge in [-0.2, -0.15) is 0 Å². The number of carboxylic acids is 1. The summed E-state index contributed by atoms with van der Waals surface area (Å²) in [4.78, 5) is 38.7. The van der Waals surface area contributed by atoms with Gasteiger partial charge in [0.25, 0.3) is 0 Å². The van der Waals surface area contributed by atoms with Gasteiger partial charge in [0.2, 0.25) is 0 Å². The van der Waals surface area contributed by atoms with Crippen LogP contribution in [0.3, 0.4) is 0 Å². The highest BCUT2D eigenvalue weighted by Gasteiger charge is 2.49. The highest BCUT2D eigenvalue weighted by Crippen LogP contribution is 2.26. The molecule has 0 aliphatic carbocycles. The fourth-order valence-electron chi connectivity index (χ4n) is 3.09. The maximum atomic E-state index is 12.8. The fraction of sp³-hybridized carbons (Fsp3) is 0.211. The molecular formula is C19H18N2O4. The molecule has 0 bridgehead atoms. The second-order valence-corrected chi connectivity index (χ2v) is 5.92. The van der Waals surface area contributed by atoms with Crippen LogP contribution in [-0.2, 0) is 22.7 Å². The monoisotopic (exact) mass is 338 g/mol. The normalized spacial score (nSPS) is 19.9. The fourth-order valence-corrected chi connectivity index (χ4v) is 3.09. The Kier molecular flexibility index (Phi) is 4.79. The van der Waals surface area contributed by atoms with E-state index in [1.54, 1.807) is 0 Å². The Hall–Kier alpha value is -3.15. The van der Waals surface area contributed by atoms with E-state index < -0.39 is 24.1 Å². The molecule has 2 aromatic carbocycles. The van der Waals surface area contributed by atoms with Crippen molar-refractivity contribution in [3.8, 4) is 0 Å². The lowest BCUT2D eigenvalue weighted by molar-refractivity contribution is -0.143. The zero-order valence-corrected chi connectivity index (χ0v) is 13.5. The zero-order valence-electron chi connectivity index (χ0n) is 13.5. The van der Waals surface area contributed by atoms with E-state index in [-0.39, 0.29) is 13.1 Å². The predicted molar refractivity (Wildman–Crippen MR) is 90.6 cm³/mol. The van der Waals surface area contributed by atoms with Crippen molar-refractivity contribution < 1.29 is 19.5 Å². The molecule has 2 amide bonds. The van der Waals surface area contributed by atoms with Crippen LogP contribution in [0.1, 0.15) is 11.1 Å². The van der Waals surface area contributed by atoms with Crippen molar-refractivity contribution in [3.63, 3.8) is 0 Å². The maximum Gasteiger partial charge on any atom is 0.329 e. The van der Waals surface area contributed by atoms with Crippen molar-refractivity contribution in [2.45, 2.75) is 25.2 Å². The molecule has 1 aliphatic heterocycles. The topological polar surface area (TPSA) is 77.9 Å². The molecule has 1 N–H and O–H groups in total. The molecule has 2 atom stereocenters. The lowest BCUT2D eigenvalue weighted by Crippen LogP contribution is -2.44. The van der Waals surface area contributed by atoms with Crippen LogP contribution in [0, 0.1) is 0 Å². The third-order valence-electron chi connectivity index (χ3n) is 4.29. The van der Waals surface area contributed by atoms with Crippen LogP contribution >= 0.6 is 0 Å². The maximum absolute atomic E-state index is 12.8. The van der Waals surface area contributed by atoms with Crippen molar-refractivity contribution in [2.24, 2.45) is 0 Å². The largest absolute Gasteiger partial charge is 0.480 e. The van der Waals surface area contributed by atoms with Gasteiger partial charge in [-0.05, 0) is 11.1 Å². The van der Waals surface area contributed by atoms with Gasteiger partial charge in [-0.1, -0.05) is 60.7 Å². The number of aldehydes is 1. The second kappa shape index (κ2) is 7.17. The van der Waals surface area contributed by atoms with Gasteiger partial charge in [0.15, 0.2) is 6.04 Å². The lowest BCUT2D eigenvalue weighted by Gasteiger charge is -2.20. The molecule has 25 heavy (non-hydrogen) atoms. The van der Waals surface area contributed by atoms with Gasteiger partial charge >= 0.3 is 12.0 Å². The first-order chi connectivity index (χ1) is 12.1. The summed E-state index contributed by atoms with van der Waals surface area (Å²) in [5, 5.41) is 9.59. The molecule has 1 saturated heterocycles. The zero-order chi connectivity index (χ0) is 17.8. The number of aliphatic carboxylic acids is 1. The molecule has 1 fully saturated rings. The predicted octanol–water partition coefficient (Wildman–Crippen LogP) is 2.15. The summed E-state index contributed by atoms with van der Waals surface area (Å²) >= 11 is 0. The first-order valence-corrected chi connectivity index (χ1v) is 7.95. The van der Waals surface area contributed by atoms with Crippen LogP contribution in [0.25, 0.3) is 0 Å². The number of carbonyl (C=O) groups excluding carboxylic acids is 2. The molecule has 2 aromatic rings. The average Bonchev–Trinajstić information content (AvgIpc) is 2.89. The molecule has 6 heteroatoms. The summed E-state index contributed by atoms with van der Waals surface area (Å²) < 4.78 is 0. The number of benzene rings is 2. The number of hydrogen-bond donors (Lipinski definition) is 1. The molecule has 0 saturated carbocycles. The number of rotatable bonds is 6. The van der Waals surface area contributed by atoms with Crippen LogP contribution in [0.5, 0.6) is 0 Å². The van der Waals surface area contributed by atoms with Gasteiger partial charge in [0.05, 0.1) is 0 Å². The van der Waals surface area contributed by atoms with Crippen LogP contribution in [-0.4, -0.2) is 45.3 Å². The molecule has 0 spiro atoms. The van der Waals surface area contributed by atoms with Crippen molar-refractivity contribution in [3.05, 3.63) is 71.8 Å². The van der Waals surface area contributed by atoms with E-state index in [1.807, 2.05) is 60.7 Å². The van der Waals surface area contributed by atoms with Crippen LogP contribution in [0.2, 0.25) is 0 Å². The summed E-state index contributed by atoms with van der Waals surface area (Å²) in [6, 6.07) is 15.7. The molecule has 6 nitrogen and oxygen atoms in total. The number of urea groups is 1. The van der Waals surface area contributed by atoms with Crippen molar-refractivity contribution in [1.82, 2.24) is 9.80 Å². The van der Waals surface area contributed by atoms with Crippen molar-refractivity contribution >= 4 is 18.3 Å². The van der Waals surface area contributed by atoms with E-state index in [9.17, 15) is 19.5 Å². The van der Waals surface area contributed by atoms with Crippen molar-refractivity contribution in [1.29, 1.82) is 0 Å². The van der Waals surface area contributed by atoms with Crippen molar-refractivity contribution in [2.75, 3.05) is 0 Å². The Morgan fingerprint density at radius 2 is 1.40 bits per heavy atom. The number of nitrogens with zero attached hydrogens (tertiary/aromatic N) is 2. The summed E-state index contributed by atoms with van der Waals surface area (Å²) in [6.45, 7) is 0.338. The molecule has 128 valence electrons. The molecule has 0 aromatic heterocycles. The Balaban J connectivity index is 1.90. The first-order valence-electron chi connectivity index (χ1n) is 7.95. The van der Waals surface area contributed by atoms with Crippen LogP contribution < -0.4 is 0 Å².